The van der Waals surface area contributed by atoms with Crippen LogP contribution in [0.5, 0.6) is 0 Å². The Morgan fingerprint density at radius 1 is 1.38 bits per heavy atom. The van der Waals surface area contributed by atoms with Gasteiger partial charge in [-0.3, -0.25) is 0 Å². The third-order valence-corrected chi connectivity index (χ3v) is 4.83. The number of rotatable bonds is 6. The average Bonchev–Trinajstić information content (AvgIpc) is 2.92. The maximum atomic E-state index is 11.7. The third kappa shape index (κ3) is 4.58. The second-order valence-electron chi connectivity index (χ2n) is 4.75. The monoisotopic (exact) mass is 367 g/mol. The van der Waals surface area contributed by atoms with Crippen LogP contribution in [0.1, 0.15) is 41.5 Å². The number of hydrogen-bond donors (Lipinski definition) is 1. The van der Waals surface area contributed by atoms with Crippen molar-refractivity contribution in [3.05, 3.63) is 50.6 Å². The average molecular weight is 368 g/mol. The Morgan fingerprint density at radius 2 is 2.10 bits per heavy atom. The van der Waals surface area contributed by atoms with Gasteiger partial charge in [-0.1, -0.05) is 6.92 Å². The van der Waals surface area contributed by atoms with E-state index >= 15 is 0 Å². The van der Waals surface area contributed by atoms with Gasteiger partial charge in [-0.2, -0.15) is 0 Å². The molecular weight excluding hydrogens is 350 g/mol. The van der Waals surface area contributed by atoms with Crippen molar-refractivity contribution in [1.82, 2.24) is 0 Å². The molecule has 112 valence electrons. The molecule has 0 aliphatic heterocycles. The quantitative estimate of drug-likeness (QED) is 0.708. The molecule has 1 unspecified atom stereocenters. The Bertz CT molecular complexity index is 595. The topological polar surface area (TPSA) is 38.3 Å². The molecule has 3 nitrogen and oxygen atoms in total. The van der Waals surface area contributed by atoms with Gasteiger partial charge in [-0.05, 0) is 59.6 Å². The number of ether oxygens (including phenoxy) is 1. The van der Waals surface area contributed by atoms with E-state index in [0.717, 1.165) is 16.6 Å². The molecule has 1 heterocycles. The predicted octanol–water partition coefficient (Wildman–Crippen LogP) is 5.25. The highest BCUT2D eigenvalue weighted by Gasteiger charge is 2.09. The van der Waals surface area contributed by atoms with Crippen molar-refractivity contribution in [2.75, 3.05) is 11.9 Å². The van der Waals surface area contributed by atoms with Gasteiger partial charge in [-0.15, -0.1) is 11.3 Å². The van der Waals surface area contributed by atoms with Crippen molar-refractivity contribution in [3.63, 3.8) is 0 Å². The number of anilines is 1. The van der Waals surface area contributed by atoms with Crippen molar-refractivity contribution in [1.29, 1.82) is 0 Å². The minimum Gasteiger partial charge on any atom is -0.462 e. The lowest BCUT2D eigenvalue weighted by Gasteiger charge is -2.14. The third-order valence-electron chi connectivity index (χ3n) is 2.96. The predicted molar refractivity (Wildman–Crippen MR) is 91.1 cm³/mol. The summed E-state index contributed by atoms with van der Waals surface area (Å²) in [5, 5.41) is 5.49. The molecule has 2 aromatic rings. The summed E-state index contributed by atoms with van der Waals surface area (Å²) >= 11 is 5.17. The van der Waals surface area contributed by atoms with Gasteiger partial charge in [0, 0.05) is 20.4 Å². The van der Waals surface area contributed by atoms with E-state index in [2.05, 4.69) is 39.6 Å². The Balaban J connectivity index is 1.97. The van der Waals surface area contributed by atoms with Crippen molar-refractivity contribution in [3.8, 4) is 0 Å². The molecule has 2 rings (SSSR count). The Morgan fingerprint density at radius 3 is 2.67 bits per heavy atom. The first-order chi connectivity index (χ1) is 10.1. The molecule has 0 fully saturated rings. The van der Waals surface area contributed by atoms with Gasteiger partial charge in [0.15, 0.2) is 0 Å². The van der Waals surface area contributed by atoms with E-state index in [0.29, 0.717) is 12.2 Å². The Hall–Kier alpha value is -1.33. The summed E-state index contributed by atoms with van der Waals surface area (Å²) in [7, 11) is 0. The van der Waals surface area contributed by atoms with Crippen LogP contribution in [0.3, 0.4) is 0 Å². The minimum absolute atomic E-state index is 0.221. The normalized spacial score (nSPS) is 12.0. The molecule has 0 spiro atoms. The number of hydrogen-bond acceptors (Lipinski definition) is 4. The molecule has 0 saturated heterocycles. The second-order valence-corrected chi connectivity index (χ2v) is 6.61. The molecule has 0 saturated carbocycles. The SMILES string of the molecule is CCCOC(=O)c1ccc(NC(C)c2cc(Br)cs2)cc1. The van der Waals surface area contributed by atoms with E-state index in [1.165, 1.54) is 4.88 Å². The number of nitrogens with one attached hydrogen (secondary N) is 1. The summed E-state index contributed by atoms with van der Waals surface area (Å²) in [5.74, 6) is -0.265. The number of thiophene rings is 1. The lowest BCUT2D eigenvalue weighted by atomic mass is 10.2. The number of halogens is 1. The molecule has 0 aliphatic rings. The highest BCUT2D eigenvalue weighted by molar-refractivity contribution is 9.10. The first-order valence-corrected chi connectivity index (χ1v) is 8.55. The fourth-order valence-electron chi connectivity index (χ4n) is 1.86. The summed E-state index contributed by atoms with van der Waals surface area (Å²) in [6, 6.07) is 9.72. The Kier molecular flexibility index (Phi) is 5.82. The number of esters is 1. The first-order valence-electron chi connectivity index (χ1n) is 6.87. The maximum absolute atomic E-state index is 11.7. The molecule has 1 aromatic heterocycles. The molecule has 1 atom stereocenters. The van der Waals surface area contributed by atoms with Gasteiger partial charge >= 0.3 is 5.97 Å². The van der Waals surface area contributed by atoms with Crippen molar-refractivity contribution < 1.29 is 9.53 Å². The van der Waals surface area contributed by atoms with Crippen LogP contribution >= 0.6 is 27.3 Å². The van der Waals surface area contributed by atoms with Crippen LogP contribution in [0, 0.1) is 0 Å². The zero-order chi connectivity index (χ0) is 15.2. The lowest BCUT2D eigenvalue weighted by molar-refractivity contribution is 0.0505. The second kappa shape index (κ2) is 7.61. The van der Waals surface area contributed by atoms with Crippen LogP contribution in [-0.2, 0) is 4.74 Å². The van der Waals surface area contributed by atoms with Gasteiger partial charge in [0.25, 0.3) is 0 Å². The standard InChI is InChI=1S/C16H18BrNO2S/c1-3-8-20-16(19)12-4-6-14(7-5-12)18-11(2)15-9-13(17)10-21-15/h4-7,9-11,18H,3,8H2,1-2H3. The zero-order valence-electron chi connectivity index (χ0n) is 12.1. The first kappa shape index (κ1) is 16.0. The van der Waals surface area contributed by atoms with E-state index in [-0.39, 0.29) is 12.0 Å². The fourth-order valence-corrected chi connectivity index (χ4v) is 3.31. The molecule has 5 heteroatoms. The largest absolute Gasteiger partial charge is 0.462 e. The van der Waals surface area contributed by atoms with E-state index in [1.54, 1.807) is 23.5 Å². The smallest absolute Gasteiger partial charge is 0.338 e. The molecule has 0 radical (unpaired) electrons. The van der Waals surface area contributed by atoms with Gasteiger partial charge in [0.05, 0.1) is 18.2 Å². The number of benzene rings is 1. The highest BCUT2D eigenvalue weighted by atomic mass is 79.9. The number of carbonyl (C=O) groups is 1. The van der Waals surface area contributed by atoms with Crippen LogP contribution in [0.15, 0.2) is 40.2 Å². The van der Waals surface area contributed by atoms with Crippen LogP contribution < -0.4 is 5.32 Å². The van der Waals surface area contributed by atoms with Crippen LogP contribution in [0.2, 0.25) is 0 Å². The zero-order valence-corrected chi connectivity index (χ0v) is 14.5. The molecule has 0 aliphatic carbocycles. The van der Waals surface area contributed by atoms with Crippen molar-refractivity contribution in [2.24, 2.45) is 0 Å². The molecule has 0 amide bonds. The number of carbonyl (C=O) groups excluding carboxylic acids is 1. The van der Waals surface area contributed by atoms with Crippen LogP contribution in [0.25, 0.3) is 0 Å². The molecule has 0 bridgehead atoms. The van der Waals surface area contributed by atoms with E-state index in [9.17, 15) is 4.79 Å². The Labute approximate surface area is 137 Å². The summed E-state index contributed by atoms with van der Waals surface area (Å²) in [6.45, 7) is 4.55. The van der Waals surface area contributed by atoms with Gasteiger partial charge in [0.2, 0.25) is 0 Å². The lowest BCUT2D eigenvalue weighted by Crippen LogP contribution is -2.07. The van der Waals surface area contributed by atoms with Gasteiger partial charge < -0.3 is 10.1 Å². The molecule has 1 N–H and O–H groups in total. The van der Waals surface area contributed by atoms with Gasteiger partial charge in [-0.25, -0.2) is 4.79 Å². The van der Waals surface area contributed by atoms with Crippen molar-refractivity contribution >= 4 is 38.9 Å². The van der Waals surface area contributed by atoms with Crippen LogP contribution in [0.4, 0.5) is 5.69 Å². The van der Waals surface area contributed by atoms with E-state index in [4.69, 9.17) is 4.74 Å². The highest BCUT2D eigenvalue weighted by Crippen LogP contribution is 2.28. The summed E-state index contributed by atoms with van der Waals surface area (Å²) in [6.07, 6.45) is 0.833. The van der Waals surface area contributed by atoms with E-state index < -0.39 is 0 Å². The van der Waals surface area contributed by atoms with E-state index in [1.807, 2.05) is 19.1 Å². The maximum Gasteiger partial charge on any atom is 0.338 e. The summed E-state index contributed by atoms with van der Waals surface area (Å²) < 4.78 is 6.21. The molecule has 21 heavy (non-hydrogen) atoms. The fraction of sp³-hybridized carbons (Fsp3) is 0.312. The minimum atomic E-state index is -0.265. The van der Waals surface area contributed by atoms with Gasteiger partial charge in [0.1, 0.15) is 0 Å². The van der Waals surface area contributed by atoms with Crippen molar-refractivity contribution in [2.45, 2.75) is 26.3 Å². The summed E-state index contributed by atoms with van der Waals surface area (Å²) in [4.78, 5) is 13.0. The summed E-state index contributed by atoms with van der Waals surface area (Å²) in [5.41, 5.74) is 1.57. The molecular formula is C16H18BrNO2S. The molecule has 1 aromatic carbocycles. The van der Waals surface area contributed by atoms with Crippen LogP contribution in [-0.4, -0.2) is 12.6 Å².